The number of phenolic OH excluding ortho intramolecular Hbond substituents is 2. The Kier molecular flexibility index (Phi) is 3.79. The molecular weight excluding hydrogens is 250 g/mol. The van der Waals surface area contributed by atoms with Gasteiger partial charge in [-0.3, -0.25) is 4.99 Å². The molecule has 2 aromatic rings. The Bertz CT molecular complexity index is 628. The van der Waals surface area contributed by atoms with E-state index in [1.165, 1.54) is 0 Å². The summed E-state index contributed by atoms with van der Waals surface area (Å²) in [5.41, 5.74) is 5.37. The van der Waals surface area contributed by atoms with Crippen LogP contribution >= 0.6 is 0 Å². The molecule has 2 N–H and O–H groups in total. The minimum atomic E-state index is 0.146. The van der Waals surface area contributed by atoms with Crippen LogP contribution in [0.1, 0.15) is 27.8 Å². The molecule has 0 aliphatic carbocycles. The molecule has 0 saturated heterocycles. The summed E-state index contributed by atoms with van der Waals surface area (Å²) in [6, 6.07) is 7.13. The molecule has 3 nitrogen and oxygen atoms in total. The van der Waals surface area contributed by atoms with Gasteiger partial charge in [0.15, 0.2) is 0 Å². The highest BCUT2D eigenvalue weighted by Crippen LogP contribution is 2.30. The second-order valence-electron chi connectivity index (χ2n) is 5.18. The van der Waals surface area contributed by atoms with Gasteiger partial charge in [-0.25, -0.2) is 0 Å². The normalized spacial score (nSPS) is 11.2. The van der Waals surface area contributed by atoms with Crippen molar-refractivity contribution in [2.45, 2.75) is 27.7 Å². The summed E-state index contributed by atoms with van der Waals surface area (Å²) in [5.74, 6) is 0.341. The number of benzene rings is 2. The lowest BCUT2D eigenvalue weighted by molar-refractivity contribution is 0.473. The lowest BCUT2D eigenvalue weighted by Crippen LogP contribution is -1.88. The van der Waals surface area contributed by atoms with Crippen molar-refractivity contribution in [2.24, 2.45) is 4.99 Å². The van der Waals surface area contributed by atoms with Crippen molar-refractivity contribution in [2.75, 3.05) is 0 Å². The third kappa shape index (κ3) is 2.82. The van der Waals surface area contributed by atoms with E-state index in [0.717, 1.165) is 22.3 Å². The van der Waals surface area contributed by atoms with Crippen molar-refractivity contribution in [1.29, 1.82) is 0 Å². The monoisotopic (exact) mass is 269 g/mol. The zero-order valence-corrected chi connectivity index (χ0v) is 12.2. The minimum absolute atomic E-state index is 0.146. The molecule has 0 amide bonds. The van der Waals surface area contributed by atoms with E-state index >= 15 is 0 Å². The number of nitrogens with zero attached hydrogens (tertiary/aromatic N) is 1. The van der Waals surface area contributed by atoms with E-state index in [1.807, 2.05) is 39.8 Å². The molecule has 0 heterocycles. The summed E-state index contributed by atoms with van der Waals surface area (Å²) in [6.45, 7) is 7.85. The van der Waals surface area contributed by atoms with Gasteiger partial charge >= 0.3 is 0 Å². The summed E-state index contributed by atoms with van der Waals surface area (Å²) in [4.78, 5) is 4.27. The maximum atomic E-state index is 9.91. The zero-order chi connectivity index (χ0) is 14.9. The molecule has 0 aliphatic heterocycles. The van der Waals surface area contributed by atoms with Crippen LogP contribution in [0.3, 0.4) is 0 Å². The molecule has 0 bridgehead atoms. The predicted molar refractivity (Wildman–Crippen MR) is 82.4 cm³/mol. The van der Waals surface area contributed by atoms with Crippen molar-refractivity contribution in [3.8, 4) is 11.5 Å². The molecule has 0 radical (unpaired) electrons. The number of hydrogen-bond donors (Lipinski definition) is 2. The standard InChI is InChI=1S/C17H19NO2/c1-10-5-14(16(19)7-12(10)3)9-18-15-6-11(2)13(4)8-17(15)20/h5-9,19-20H,1-4H3. The smallest absolute Gasteiger partial charge is 0.141 e. The number of aliphatic imine (C=N–C) groups is 1. The maximum Gasteiger partial charge on any atom is 0.141 e. The topological polar surface area (TPSA) is 52.8 Å². The van der Waals surface area contributed by atoms with Crippen LogP contribution in [0.5, 0.6) is 11.5 Å². The van der Waals surface area contributed by atoms with Gasteiger partial charge in [0.25, 0.3) is 0 Å². The van der Waals surface area contributed by atoms with Gasteiger partial charge in [-0.05, 0) is 74.2 Å². The van der Waals surface area contributed by atoms with Crippen molar-refractivity contribution in [3.05, 3.63) is 52.1 Å². The summed E-state index contributed by atoms with van der Waals surface area (Å²) in [5, 5.41) is 19.8. The summed E-state index contributed by atoms with van der Waals surface area (Å²) >= 11 is 0. The van der Waals surface area contributed by atoms with Gasteiger partial charge < -0.3 is 10.2 Å². The molecule has 0 atom stereocenters. The van der Waals surface area contributed by atoms with Gasteiger partial charge in [-0.15, -0.1) is 0 Å². The second-order valence-corrected chi connectivity index (χ2v) is 5.18. The van der Waals surface area contributed by atoms with Gasteiger partial charge in [0.1, 0.15) is 17.2 Å². The molecule has 3 heteroatoms. The van der Waals surface area contributed by atoms with Crippen molar-refractivity contribution < 1.29 is 10.2 Å². The molecule has 0 saturated carbocycles. The van der Waals surface area contributed by atoms with Crippen molar-refractivity contribution in [1.82, 2.24) is 0 Å². The zero-order valence-electron chi connectivity index (χ0n) is 12.2. The van der Waals surface area contributed by atoms with E-state index in [9.17, 15) is 10.2 Å². The highest BCUT2D eigenvalue weighted by molar-refractivity contribution is 5.86. The van der Waals surface area contributed by atoms with Crippen LogP contribution in [0.25, 0.3) is 0 Å². The fourth-order valence-corrected chi connectivity index (χ4v) is 1.95. The van der Waals surface area contributed by atoms with E-state index in [4.69, 9.17) is 0 Å². The van der Waals surface area contributed by atoms with E-state index in [1.54, 1.807) is 18.3 Å². The highest BCUT2D eigenvalue weighted by Gasteiger charge is 2.04. The lowest BCUT2D eigenvalue weighted by Gasteiger charge is -2.06. The van der Waals surface area contributed by atoms with Crippen LogP contribution in [-0.2, 0) is 0 Å². The SMILES string of the molecule is Cc1cc(O)c(C=Nc2cc(C)c(C)cc2O)cc1C. The number of aryl methyl sites for hydroxylation is 4. The van der Waals surface area contributed by atoms with E-state index in [0.29, 0.717) is 11.3 Å². The van der Waals surface area contributed by atoms with Crippen molar-refractivity contribution >= 4 is 11.9 Å². The fraction of sp³-hybridized carbons (Fsp3) is 0.235. The Hall–Kier alpha value is -2.29. The molecule has 0 aromatic heterocycles. The first-order valence-electron chi connectivity index (χ1n) is 6.53. The van der Waals surface area contributed by atoms with E-state index in [2.05, 4.69) is 4.99 Å². The number of hydrogen-bond acceptors (Lipinski definition) is 3. The van der Waals surface area contributed by atoms with Crippen LogP contribution in [0.4, 0.5) is 5.69 Å². The van der Waals surface area contributed by atoms with E-state index < -0.39 is 0 Å². The molecule has 0 spiro atoms. The quantitative estimate of drug-likeness (QED) is 0.807. The lowest BCUT2D eigenvalue weighted by atomic mass is 10.1. The number of aromatic hydroxyl groups is 2. The van der Waals surface area contributed by atoms with Crippen LogP contribution in [0.2, 0.25) is 0 Å². The van der Waals surface area contributed by atoms with Gasteiger partial charge in [0, 0.05) is 11.8 Å². The summed E-state index contributed by atoms with van der Waals surface area (Å²) < 4.78 is 0. The Labute approximate surface area is 119 Å². The average Bonchev–Trinajstić information content (AvgIpc) is 2.37. The first kappa shape index (κ1) is 14.1. The van der Waals surface area contributed by atoms with Gasteiger partial charge in [-0.2, -0.15) is 0 Å². The Morgan fingerprint density at radius 3 is 1.90 bits per heavy atom. The van der Waals surface area contributed by atoms with Crippen LogP contribution in [0, 0.1) is 27.7 Å². The molecule has 104 valence electrons. The molecule has 0 unspecified atom stereocenters. The first-order valence-corrected chi connectivity index (χ1v) is 6.53. The molecule has 0 aliphatic rings. The second kappa shape index (κ2) is 5.37. The molecular formula is C17H19NO2. The number of rotatable bonds is 2. The third-order valence-electron chi connectivity index (χ3n) is 3.58. The van der Waals surface area contributed by atoms with Gasteiger partial charge in [-0.1, -0.05) is 0 Å². The third-order valence-corrected chi connectivity index (χ3v) is 3.58. The highest BCUT2D eigenvalue weighted by atomic mass is 16.3. The summed E-state index contributed by atoms with van der Waals surface area (Å²) in [6.07, 6.45) is 1.58. The van der Waals surface area contributed by atoms with Crippen molar-refractivity contribution in [3.63, 3.8) is 0 Å². The van der Waals surface area contributed by atoms with Crippen LogP contribution in [0.15, 0.2) is 29.3 Å². The molecule has 2 rings (SSSR count). The predicted octanol–water partition coefficient (Wildman–Crippen LogP) is 4.08. The number of phenols is 2. The van der Waals surface area contributed by atoms with Crippen LogP contribution in [-0.4, -0.2) is 16.4 Å². The van der Waals surface area contributed by atoms with Crippen LogP contribution < -0.4 is 0 Å². The van der Waals surface area contributed by atoms with E-state index in [-0.39, 0.29) is 11.5 Å². The molecule has 2 aromatic carbocycles. The fourth-order valence-electron chi connectivity index (χ4n) is 1.95. The Balaban J connectivity index is 2.39. The maximum absolute atomic E-state index is 9.91. The molecule has 0 fully saturated rings. The largest absolute Gasteiger partial charge is 0.507 e. The average molecular weight is 269 g/mol. The minimum Gasteiger partial charge on any atom is -0.507 e. The first-order chi connectivity index (χ1) is 9.38. The van der Waals surface area contributed by atoms with Gasteiger partial charge in [0.05, 0.1) is 0 Å². The Morgan fingerprint density at radius 1 is 0.750 bits per heavy atom. The van der Waals surface area contributed by atoms with Gasteiger partial charge in [0.2, 0.25) is 0 Å². The molecule has 20 heavy (non-hydrogen) atoms. The Morgan fingerprint density at radius 2 is 1.25 bits per heavy atom. The summed E-state index contributed by atoms with van der Waals surface area (Å²) in [7, 11) is 0.